The molecule has 3 rings (SSSR count). The second-order valence-corrected chi connectivity index (χ2v) is 4.95. The lowest BCUT2D eigenvalue weighted by atomic mass is 10.1. The molecular weight excluding hydrogens is 264 g/mol. The Hall–Kier alpha value is -2.56. The minimum absolute atomic E-state index is 0.697. The van der Waals surface area contributed by atoms with Gasteiger partial charge in [0.15, 0.2) is 0 Å². The van der Waals surface area contributed by atoms with E-state index >= 15 is 0 Å². The summed E-state index contributed by atoms with van der Waals surface area (Å²) in [6, 6.07) is 7.94. The van der Waals surface area contributed by atoms with Crippen molar-refractivity contribution < 1.29 is 4.74 Å². The van der Waals surface area contributed by atoms with Crippen molar-refractivity contribution in [3.63, 3.8) is 0 Å². The van der Waals surface area contributed by atoms with Crippen LogP contribution >= 0.6 is 0 Å². The molecule has 0 aliphatic heterocycles. The average molecular weight is 282 g/mol. The van der Waals surface area contributed by atoms with Crippen LogP contribution in [0.4, 0.5) is 5.82 Å². The predicted molar refractivity (Wildman–Crippen MR) is 83.6 cm³/mol. The first-order valence-corrected chi connectivity index (χ1v) is 6.84. The quantitative estimate of drug-likeness (QED) is 0.799. The third kappa shape index (κ3) is 2.42. The molecule has 0 aliphatic rings. The van der Waals surface area contributed by atoms with Crippen LogP contribution in [0.25, 0.3) is 10.8 Å². The molecule has 0 atom stereocenters. The highest BCUT2D eigenvalue weighted by Gasteiger charge is 2.08. The van der Waals surface area contributed by atoms with E-state index in [0.29, 0.717) is 6.54 Å². The van der Waals surface area contributed by atoms with Gasteiger partial charge < -0.3 is 10.1 Å². The maximum atomic E-state index is 5.40. The average Bonchev–Trinajstić information content (AvgIpc) is 2.84. The highest BCUT2D eigenvalue weighted by atomic mass is 16.5. The van der Waals surface area contributed by atoms with E-state index in [9.17, 15) is 0 Å². The molecule has 0 fully saturated rings. The van der Waals surface area contributed by atoms with Gasteiger partial charge in [-0.15, -0.1) is 0 Å². The SMILES string of the molecule is COc1cccc2c(NCc3cnn(C)c3C)nccc12. The van der Waals surface area contributed by atoms with Gasteiger partial charge in [-0.25, -0.2) is 4.98 Å². The summed E-state index contributed by atoms with van der Waals surface area (Å²) in [5.41, 5.74) is 2.32. The van der Waals surface area contributed by atoms with Gasteiger partial charge in [-0.1, -0.05) is 12.1 Å². The van der Waals surface area contributed by atoms with Crippen LogP contribution in [0.1, 0.15) is 11.3 Å². The van der Waals surface area contributed by atoms with Crippen LogP contribution in [0.15, 0.2) is 36.7 Å². The predicted octanol–water partition coefficient (Wildman–Crippen LogP) is 2.90. The molecule has 0 aliphatic carbocycles. The number of hydrogen-bond donors (Lipinski definition) is 1. The third-order valence-corrected chi connectivity index (χ3v) is 3.77. The highest BCUT2D eigenvalue weighted by Crippen LogP contribution is 2.29. The van der Waals surface area contributed by atoms with Gasteiger partial charge in [0.05, 0.1) is 13.3 Å². The summed E-state index contributed by atoms with van der Waals surface area (Å²) in [7, 11) is 3.63. The van der Waals surface area contributed by atoms with E-state index in [1.165, 1.54) is 5.56 Å². The fraction of sp³-hybridized carbons (Fsp3) is 0.250. The first kappa shape index (κ1) is 13.4. The van der Waals surface area contributed by atoms with Crippen LogP contribution in [0, 0.1) is 6.92 Å². The van der Waals surface area contributed by atoms with E-state index in [0.717, 1.165) is 28.0 Å². The van der Waals surface area contributed by atoms with Crippen molar-refractivity contribution in [2.24, 2.45) is 7.05 Å². The summed E-state index contributed by atoms with van der Waals surface area (Å²) >= 11 is 0. The summed E-state index contributed by atoms with van der Waals surface area (Å²) in [6.07, 6.45) is 3.68. The zero-order chi connectivity index (χ0) is 14.8. The van der Waals surface area contributed by atoms with Crippen molar-refractivity contribution in [2.75, 3.05) is 12.4 Å². The summed E-state index contributed by atoms with van der Waals surface area (Å²) in [5.74, 6) is 1.71. The molecule has 0 unspecified atom stereocenters. The number of fused-ring (bicyclic) bond motifs is 1. The highest BCUT2D eigenvalue weighted by molar-refractivity contribution is 5.95. The summed E-state index contributed by atoms with van der Waals surface area (Å²) in [6.45, 7) is 2.76. The number of methoxy groups -OCH3 is 1. The maximum absolute atomic E-state index is 5.40. The lowest BCUT2D eigenvalue weighted by Crippen LogP contribution is -2.03. The van der Waals surface area contributed by atoms with Gasteiger partial charge in [0, 0.05) is 41.8 Å². The first-order valence-electron chi connectivity index (χ1n) is 6.84. The number of aryl methyl sites for hydroxylation is 1. The second kappa shape index (κ2) is 5.44. The molecule has 5 heteroatoms. The number of ether oxygens (including phenoxy) is 1. The van der Waals surface area contributed by atoms with Gasteiger partial charge in [-0.05, 0) is 19.1 Å². The van der Waals surface area contributed by atoms with Crippen molar-refractivity contribution in [1.29, 1.82) is 0 Å². The number of anilines is 1. The molecule has 1 aromatic carbocycles. The van der Waals surface area contributed by atoms with E-state index in [1.807, 2.05) is 42.2 Å². The van der Waals surface area contributed by atoms with Crippen molar-refractivity contribution in [2.45, 2.75) is 13.5 Å². The third-order valence-electron chi connectivity index (χ3n) is 3.77. The molecule has 0 saturated carbocycles. The Labute approximate surface area is 123 Å². The number of nitrogens with one attached hydrogen (secondary N) is 1. The molecule has 0 saturated heterocycles. The molecule has 0 amide bonds. The zero-order valence-corrected chi connectivity index (χ0v) is 12.4. The normalized spacial score (nSPS) is 10.8. The standard InChI is InChI=1S/C16H18N4O/c1-11-12(10-19-20(11)2)9-18-16-14-5-4-6-15(21-3)13(14)7-8-17-16/h4-8,10H,9H2,1-3H3,(H,17,18). The van der Waals surface area contributed by atoms with Crippen LogP contribution in [0.5, 0.6) is 5.75 Å². The Morgan fingerprint density at radius 2 is 2.10 bits per heavy atom. The Kier molecular flexibility index (Phi) is 3.48. The second-order valence-electron chi connectivity index (χ2n) is 4.95. The minimum atomic E-state index is 0.697. The monoisotopic (exact) mass is 282 g/mol. The van der Waals surface area contributed by atoms with Crippen LogP contribution in [0.3, 0.4) is 0 Å². The van der Waals surface area contributed by atoms with Crippen molar-refractivity contribution in [3.8, 4) is 5.75 Å². The van der Waals surface area contributed by atoms with Crippen LogP contribution in [-0.2, 0) is 13.6 Å². The molecule has 3 aromatic rings. The molecule has 0 radical (unpaired) electrons. The molecule has 0 spiro atoms. The molecule has 21 heavy (non-hydrogen) atoms. The van der Waals surface area contributed by atoms with Gasteiger partial charge in [0.25, 0.3) is 0 Å². The molecule has 2 heterocycles. The lowest BCUT2D eigenvalue weighted by Gasteiger charge is -2.10. The molecule has 5 nitrogen and oxygen atoms in total. The van der Waals surface area contributed by atoms with E-state index in [1.54, 1.807) is 13.3 Å². The van der Waals surface area contributed by atoms with E-state index in [-0.39, 0.29) is 0 Å². The number of pyridine rings is 1. The maximum Gasteiger partial charge on any atom is 0.134 e. The fourth-order valence-corrected chi connectivity index (χ4v) is 2.39. The van der Waals surface area contributed by atoms with Gasteiger partial charge in [-0.3, -0.25) is 4.68 Å². The molecule has 1 N–H and O–H groups in total. The fourth-order valence-electron chi connectivity index (χ4n) is 2.39. The molecular formula is C16H18N4O. The number of aromatic nitrogens is 3. The lowest BCUT2D eigenvalue weighted by molar-refractivity contribution is 0.420. The van der Waals surface area contributed by atoms with Crippen molar-refractivity contribution in [1.82, 2.24) is 14.8 Å². The Bertz CT molecular complexity index is 779. The topological polar surface area (TPSA) is 52.0 Å². The first-order chi connectivity index (χ1) is 10.2. The van der Waals surface area contributed by atoms with Crippen molar-refractivity contribution in [3.05, 3.63) is 47.9 Å². The van der Waals surface area contributed by atoms with E-state index in [2.05, 4.69) is 22.3 Å². The summed E-state index contributed by atoms with van der Waals surface area (Å²) in [5, 5.41) is 9.75. The van der Waals surface area contributed by atoms with Gasteiger partial charge >= 0.3 is 0 Å². The molecule has 0 bridgehead atoms. The Balaban J connectivity index is 1.92. The van der Waals surface area contributed by atoms with Crippen LogP contribution < -0.4 is 10.1 Å². The van der Waals surface area contributed by atoms with Crippen molar-refractivity contribution >= 4 is 16.6 Å². The number of hydrogen-bond acceptors (Lipinski definition) is 4. The summed E-state index contributed by atoms with van der Waals surface area (Å²) < 4.78 is 7.27. The van der Waals surface area contributed by atoms with E-state index in [4.69, 9.17) is 4.74 Å². The number of benzene rings is 1. The summed E-state index contributed by atoms with van der Waals surface area (Å²) in [4.78, 5) is 4.44. The molecule has 2 aromatic heterocycles. The zero-order valence-electron chi connectivity index (χ0n) is 12.4. The largest absolute Gasteiger partial charge is 0.496 e. The van der Waals surface area contributed by atoms with Gasteiger partial charge in [-0.2, -0.15) is 5.10 Å². The Morgan fingerprint density at radius 3 is 2.81 bits per heavy atom. The van der Waals surface area contributed by atoms with Crippen LogP contribution in [0.2, 0.25) is 0 Å². The van der Waals surface area contributed by atoms with E-state index < -0.39 is 0 Å². The number of nitrogens with zero attached hydrogens (tertiary/aromatic N) is 3. The van der Waals surface area contributed by atoms with Crippen LogP contribution in [-0.4, -0.2) is 21.9 Å². The molecule has 108 valence electrons. The smallest absolute Gasteiger partial charge is 0.134 e. The number of rotatable bonds is 4. The van der Waals surface area contributed by atoms with Gasteiger partial charge in [0.1, 0.15) is 11.6 Å². The Morgan fingerprint density at radius 1 is 1.24 bits per heavy atom. The van der Waals surface area contributed by atoms with Gasteiger partial charge in [0.2, 0.25) is 0 Å². The minimum Gasteiger partial charge on any atom is -0.496 e.